The van der Waals surface area contributed by atoms with E-state index in [0.29, 0.717) is 12.1 Å². The molecule has 1 heterocycles. The van der Waals surface area contributed by atoms with Crippen LogP contribution in [-0.4, -0.2) is 110 Å². The van der Waals surface area contributed by atoms with E-state index in [-0.39, 0.29) is 72.1 Å². The van der Waals surface area contributed by atoms with Crippen LogP contribution in [0.4, 0.5) is 0 Å². The average Bonchev–Trinajstić information content (AvgIpc) is 3.18. The van der Waals surface area contributed by atoms with Crippen LogP contribution in [0.1, 0.15) is 109 Å². The van der Waals surface area contributed by atoms with Gasteiger partial charge in [0.05, 0.1) is 11.8 Å². The Hall–Kier alpha value is -4.58. The molecule has 5 atom stereocenters. The maximum Gasteiger partial charge on any atom is 0.248 e. The third-order valence-electron chi connectivity index (χ3n) is 10.5. The number of nitrogens with zero attached hydrogens (tertiary/aromatic N) is 1. The fourth-order valence-corrected chi connectivity index (χ4v) is 8.03. The number of amides is 4. The molecule has 0 saturated heterocycles. The van der Waals surface area contributed by atoms with E-state index in [0.717, 1.165) is 24.2 Å². The Morgan fingerprint density at radius 1 is 0.898 bits per heavy atom. The van der Waals surface area contributed by atoms with Crippen LogP contribution < -0.4 is 31.7 Å². The number of hydrogen-bond acceptors (Lipinski definition) is 11. The molecule has 0 saturated carbocycles. The molecule has 1 aliphatic rings. The van der Waals surface area contributed by atoms with Gasteiger partial charge >= 0.3 is 0 Å². The molecule has 2 aromatic carbocycles. The van der Waals surface area contributed by atoms with Crippen molar-refractivity contribution in [3.8, 4) is 22.6 Å². The fraction of sp³-hybridized carbons (Fsp3) is 0.595. The van der Waals surface area contributed by atoms with Crippen molar-refractivity contribution < 1.29 is 42.6 Å². The molecule has 4 amide bonds. The van der Waals surface area contributed by atoms with Crippen LogP contribution >= 0.6 is 0 Å². The number of unbranched alkanes of at least 4 members (excludes halogenated alkanes) is 7. The average molecular weight is 844 g/mol. The number of rotatable bonds is 22. The third kappa shape index (κ3) is 15.2. The maximum absolute atomic E-state index is 14.3. The third-order valence-corrected chi connectivity index (χ3v) is 11.9. The number of carbonyl (C=O) groups is 5. The van der Waals surface area contributed by atoms with Crippen molar-refractivity contribution in [3.05, 3.63) is 47.5 Å². The lowest BCUT2D eigenvalue weighted by molar-refractivity contribution is -0.141. The molecule has 59 heavy (non-hydrogen) atoms. The van der Waals surface area contributed by atoms with Crippen LogP contribution in [0.2, 0.25) is 0 Å². The van der Waals surface area contributed by atoms with Crippen molar-refractivity contribution in [2.24, 2.45) is 5.73 Å². The fourth-order valence-electron chi connectivity index (χ4n) is 6.85. The SMILES string of the molecule is CCCCCCCCCCNCCS(=O)(=O)NC(CCCN)C(=O)N(C)C1C(=O)NC(C)C(=O)NC(C(=O)NC(C)C(C)=O)Cc2ccc(O)c(c2)-c2cc1ccc2O. The zero-order valence-corrected chi connectivity index (χ0v) is 36.0. The highest BCUT2D eigenvalue weighted by atomic mass is 32.2. The van der Waals surface area contributed by atoms with E-state index < -0.39 is 63.9 Å². The van der Waals surface area contributed by atoms with Crippen LogP contribution in [0.3, 0.4) is 0 Å². The number of fused-ring (bicyclic) bond motifs is 5. The summed E-state index contributed by atoms with van der Waals surface area (Å²) >= 11 is 0. The number of phenolic OH excluding ortho intramolecular Hbond substituents is 2. The molecule has 2 aromatic rings. The Bertz CT molecular complexity index is 1860. The first kappa shape index (κ1) is 48.8. The molecule has 16 nitrogen and oxygen atoms in total. The molecule has 0 fully saturated rings. The van der Waals surface area contributed by atoms with E-state index in [9.17, 15) is 42.6 Å². The lowest BCUT2D eigenvalue weighted by atomic mass is 9.93. The maximum atomic E-state index is 14.3. The number of nitrogens with one attached hydrogen (secondary N) is 5. The van der Waals surface area contributed by atoms with E-state index in [1.54, 1.807) is 6.07 Å². The highest BCUT2D eigenvalue weighted by Crippen LogP contribution is 2.39. The van der Waals surface area contributed by atoms with Gasteiger partial charge in [0.2, 0.25) is 33.7 Å². The number of phenols is 2. The molecule has 328 valence electrons. The topological polar surface area (TPSA) is 249 Å². The van der Waals surface area contributed by atoms with Crippen molar-refractivity contribution >= 4 is 39.4 Å². The number of benzene rings is 2. The second-order valence-corrected chi connectivity index (χ2v) is 17.3. The van der Waals surface area contributed by atoms with E-state index in [2.05, 4.69) is 32.9 Å². The van der Waals surface area contributed by atoms with Gasteiger partial charge in [-0.25, -0.2) is 13.1 Å². The van der Waals surface area contributed by atoms with Crippen LogP contribution in [0.5, 0.6) is 11.5 Å². The van der Waals surface area contributed by atoms with Crippen LogP contribution in [0.25, 0.3) is 11.1 Å². The monoisotopic (exact) mass is 843 g/mol. The summed E-state index contributed by atoms with van der Waals surface area (Å²) in [5.41, 5.74) is 6.66. The van der Waals surface area contributed by atoms with Gasteiger partial charge in [-0.2, -0.15) is 0 Å². The van der Waals surface area contributed by atoms with Gasteiger partial charge in [0, 0.05) is 31.1 Å². The molecule has 17 heteroatoms. The predicted octanol–water partition coefficient (Wildman–Crippen LogP) is 2.66. The van der Waals surface area contributed by atoms with Gasteiger partial charge in [0.1, 0.15) is 35.7 Å². The number of nitrogens with two attached hydrogens (primary N) is 1. The molecule has 1 aliphatic heterocycles. The van der Waals surface area contributed by atoms with Crippen LogP contribution in [0.15, 0.2) is 36.4 Å². The summed E-state index contributed by atoms with van der Waals surface area (Å²) in [5.74, 6) is -4.09. The number of likely N-dealkylation sites (N-methyl/N-ethyl adjacent to an activating group) is 1. The Morgan fingerprint density at radius 2 is 1.53 bits per heavy atom. The van der Waals surface area contributed by atoms with Crippen molar-refractivity contribution in [3.63, 3.8) is 0 Å². The molecule has 5 unspecified atom stereocenters. The summed E-state index contributed by atoms with van der Waals surface area (Å²) < 4.78 is 29.2. The molecule has 0 spiro atoms. The summed E-state index contributed by atoms with van der Waals surface area (Å²) in [4.78, 5) is 68.5. The smallest absolute Gasteiger partial charge is 0.248 e. The summed E-state index contributed by atoms with van der Waals surface area (Å²) in [6.45, 7) is 7.41. The minimum Gasteiger partial charge on any atom is -0.507 e. The molecule has 9 N–H and O–H groups in total. The minimum atomic E-state index is -3.99. The van der Waals surface area contributed by atoms with Gasteiger partial charge in [0.25, 0.3) is 0 Å². The predicted molar refractivity (Wildman–Crippen MR) is 227 cm³/mol. The zero-order valence-electron chi connectivity index (χ0n) is 35.1. The van der Waals surface area contributed by atoms with E-state index >= 15 is 0 Å². The number of ketones is 1. The Labute approximate surface area is 348 Å². The second-order valence-electron chi connectivity index (χ2n) is 15.5. The molecule has 0 aliphatic carbocycles. The number of hydrogen-bond donors (Lipinski definition) is 8. The van der Waals surface area contributed by atoms with Crippen molar-refractivity contribution in [1.82, 2.24) is 30.9 Å². The first-order valence-electron chi connectivity index (χ1n) is 20.7. The highest BCUT2D eigenvalue weighted by Gasteiger charge is 2.36. The molecule has 3 rings (SSSR count). The second kappa shape index (κ2) is 23.9. The van der Waals surface area contributed by atoms with E-state index in [1.807, 2.05) is 0 Å². The van der Waals surface area contributed by atoms with Gasteiger partial charge in [-0.1, -0.05) is 64.0 Å². The first-order chi connectivity index (χ1) is 28.0. The normalized spacial score (nSPS) is 18.2. The standard InChI is InChI=1S/C42H65N7O9S/c1-6-7-8-9-10-11-12-13-21-44-22-23-59(57,58)48-34(15-14-20-43)42(56)49(5)38-31-17-19-37(52)33(26-31)32-24-30(16-18-36(32)51)25-35(40(54)45-27(2)29(4)50)47-39(53)28(3)46-41(38)55/h16-19,24,26-28,34-35,38,44,48,51-52H,6-15,20-23,25,43H2,1-5H3,(H,45,54)(H,46,55)(H,47,53). The van der Waals surface area contributed by atoms with E-state index in [4.69, 9.17) is 5.73 Å². The Morgan fingerprint density at radius 3 is 2.17 bits per heavy atom. The Balaban J connectivity index is 1.90. The highest BCUT2D eigenvalue weighted by molar-refractivity contribution is 7.89. The quantitative estimate of drug-likeness (QED) is 0.0801. The summed E-state index contributed by atoms with van der Waals surface area (Å²) in [5, 5.41) is 33.0. The van der Waals surface area contributed by atoms with Crippen molar-refractivity contribution in [1.29, 1.82) is 0 Å². The minimum absolute atomic E-state index is 0.0327. The van der Waals surface area contributed by atoms with Crippen LogP contribution in [-0.2, 0) is 40.4 Å². The lowest BCUT2D eigenvalue weighted by Crippen LogP contribution is -2.56. The first-order valence-corrected chi connectivity index (χ1v) is 22.4. The summed E-state index contributed by atoms with van der Waals surface area (Å²) in [7, 11) is -2.66. The Kier molecular flexibility index (Phi) is 19.7. The van der Waals surface area contributed by atoms with Gasteiger partial charge in [-0.15, -0.1) is 0 Å². The summed E-state index contributed by atoms with van der Waals surface area (Å²) in [6.07, 6.45) is 9.49. The van der Waals surface area contributed by atoms with Gasteiger partial charge in [-0.05, 0) is 88.5 Å². The molecular weight excluding hydrogens is 779 g/mol. The molecule has 4 bridgehead atoms. The van der Waals surface area contributed by atoms with Gasteiger partial charge in [0.15, 0.2) is 5.78 Å². The van der Waals surface area contributed by atoms with Gasteiger partial charge in [-0.3, -0.25) is 24.0 Å². The number of aromatic hydroxyl groups is 2. The van der Waals surface area contributed by atoms with Crippen molar-refractivity contribution in [2.75, 3.05) is 32.4 Å². The summed E-state index contributed by atoms with van der Waals surface area (Å²) in [6, 6.07) is 2.48. The lowest BCUT2D eigenvalue weighted by Gasteiger charge is -2.32. The molecular formula is C42H65N7O9S. The van der Waals surface area contributed by atoms with Crippen molar-refractivity contribution in [2.45, 2.75) is 129 Å². The van der Waals surface area contributed by atoms with Crippen LogP contribution in [0, 0.1) is 0 Å². The zero-order chi connectivity index (χ0) is 43.7. The number of Topliss-reactive ketones (excluding diaryl/α,β-unsaturated/α-hetero) is 1. The molecule has 0 aromatic heterocycles. The number of sulfonamides is 1. The molecule has 0 radical (unpaired) electrons. The van der Waals surface area contributed by atoms with Gasteiger partial charge < -0.3 is 42.1 Å². The van der Waals surface area contributed by atoms with E-state index in [1.165, 1.54) is 90.3 Å². The number of carbonyl (C=O) groups excluding carboxylic acids is 5. The largest absolute Gasteiger partial charge is 0.507 e.